The average Bonchev–Trinajstić information content (AvgIpc) is 3.32. The van der Waals surface area contributed by atoms with E-state index in [4.69, 9.17) is 24.0 Å². The van der Waals surface area contributed by atoms with Crippen molar-refractivity contribution in [2.24, 2.45) is 0 Å². The van der Waals surface area contributed by atoms with Crippen LogP contribution in [0.15, 0.2) is 83.8 Å². The first-order chi connectivity index (χ1) is 16.1. The molecule has 0 atom stereocenters. The summed E-state index contributed by atoms with van der Waals surface area (Å²) in [4.78, 5) is 0.742. The summed E-state index contributed by atoms with van der Waals surface area (Å²) in [7, 11) is 6.49. The van der Waals surface area contributed by atoms with Crippen molar-refractivity contribution in [3.05, 3.63) is 90.1 Å². The van der Waals surface area contributed by atoms with E-state index in [0.29, 0.717) is 5.69 Å². The van der Waals surface area contributed by atoms with Gasteiger partial charge in [0.05, 0.1) is 25.6 Å². The third-order valence-electron chi connectivity index (χ3n) is 5.58. The van der Waals surface area contributed by atoms with Crippen LogP contribution in [0.4, 0.5) is 0 Å². The third-order valence-corrected chi connectivity index (χ3v) is 5.97. The van der Waals surface area contributed by atoms with Gasteiger partial charge in [0.15, 0.2) is 0 Å². The van der Waals surface area contributed by atoms with Crippen LogP contribution in [0.25, 0.3) is 16.9 Å². The molecule has 0 N–H and O–H groups in total. The van der Waals surface area contributed by atoms with Gasteiger partial charge in [-0.05, 0) is 60.7 Å². The molecule has 4 rings (SSSR count). The van der Waals surface area contributed by atoms with E-state index in [1.54, 1.807) is 28.4 Å². The maximum atomic E-state index is 5.97. The minimum atomic E-state index is -1.24. The van der Waals surface area contributed by atoms with E-state index in [0.717, 1.165) is 38.9 Å². The molecule has 170 valence electrons. The van der Waals surface area contributed by atoms with E-state index in [9.17, 15) is 0 Å². The second-order valence-corrected chi connectivity index (χ2v) is 7.78. The van der Waals surface area contributed by atoms with Gasteiger partial charge in [-0.15, -0.1) is 12.6 Å². The second kappa shape index (κ2) is 9.70. The Labute approximate surface area is 199 Å². The molecule has 0 fully saturated rings. The van der Waals surface area contributed by atoms with Crippen LogP contribution in [0.1, 0.15) is 11.3 Å². The standard InChI is InChI=1S/C26H26N2O4S/c1-29-20-13-9-18(10-14-20)23-17-25(27-28(23)19-11-15-21(30-2)16-12-19)26(31-3,32-4)22-7-5-6-8-24(22)33/h5-17,33H,1-4H3. The zero-order valence-corrected chi connectivity index (χ0v) is 19.9. The number of benzene rings is 3. The first-order valence-electron chi connectivity index (χ1n) is 10.3. The molecule has 6 nitrogen and oxygen atoms in total. The summed E-state index contributed by atoms with van der Waals surface area (Å²) in [6.07, 6.45) is 0. The van der Waals surface area contributed by atoms with Gasteiger partial charge in [-0.2, -0.15) is 5.10 Å². The van der Waals surface area contributed by atoms with Crippen LogP contribution in [0.5, 0.6) is 11.5 Å². The van der Waals surface area contributed by atoms with E-state index in [1.165, 1.54) is 0 Å². The largest absolute Gasteiger partial charge is 0.497 e. The van der Waals surface area contributed by atoms with E-state index < -0.39 is 5.79 Å². The Balaban J connectivity index is 1.93. The predicted octanol–water partition coefficient (Wildman–Crippen LogP) is 5.34. The SMILES string of the molecule is COc1ccc(-c2cc(C(OC)(OC)c3ccccc3S)nn2-c2ccc(OC)cc2)cc1. The van der Waals surface area contributed by atoms with Crippen LogP contribution < -0.4 is 9.47 Å². The monoisotopic (exact) mass is 462 g/mol. The van der Waals surface area contributed by atoms with Crippen molar-refractivity contribution in [1.82, 2.24) is 9.78 Å². The molecule has 0 spiro atoms. The molecular formula is C26H26N2O4S. The fourth-order valence-electron chi connectivity index (χ4n) is 3.83. The summed E-state index contributed by atoms with van der Waals surface area (Å²) in [5.74, 6) is 0.308. The number of aromatic nitrogens is 2. The molecule has 0 radical (unpaired) electrons. The predicted molar refractivity (Wildman–Crippen MR) is 131 cm³/mol. The maximum Gasteiger partial charge on any atom is 0.242 e. The summed E-state index contributed by atoms with van der Waals surface area (Å²) in [6, 6.07) is 25.2. The highest BCUT2D eigenvalue weighted by Gasteiger charge is 2.39. The van der Waals surface area contributed by atoms with Gasteiger partial charge in [-0.1, -0.05) is 18.2 Å². The number of nitrogens with zero attached hydrogens (tertiary/aromatic N) is 2. The second-order valence-electron chi connectivity index (χ2n) is 7.30. The lowest BCUT2D eigenvalue weighted by molar-refractivity contribution is -0.188. The molecule has 4 aromatic rings. The number of rotatable bonds is 8. The van der Waals surface area contributed by atoms with Crippen molar-refractivity contribution in [3.63, 3.8) is 0 Å². The Hall–Kier alpha value is -3.26. The van der Waals surface area contributed by atoms with Crippen LogP contribution >= 0.6 is 12.6 Å². The van der Waals surface area contributed by atoms with Gasteiger partial charge in [-0.25, -0.2) is 4.68 Å². The fraction of sp³-hybridized carbons (Fsp3) is 0.192. The Bertz CT molecular complexity index is 1150. The first kappa shape index (κ1) is 22.9. The average molecular weight is 463 g/mol. The number of hydrogen-bond acceptors (Lipinski definition) is 6. The molecule has 7 heteroatoms. The quantitative estimate of drug-likeness (QED) is 0.283. The molecule has 33 heavy (non-hydrogen) atoms. The van der Waals surface area contributed by atoms with Crippen molar-refractivity contribution in [2.75, 3.05) is 28.4 Å². The number of methoxy groups -OCH3 is 4. The van der Waals surface area contributed by atoms with Crippen molar-refractivity contribution in [1.29, 1.82) is 0 Å². The highest BCUT2D eigenvalue weighted by molar-refractivity contribution is 7.80. The lowest BCUT2D eigenvalue weighted by Gasteiger charge is -2.30. The molecule has 0 aliphatic heterocycles. The molecule has 0 amide bonds. The van der Waals surface area contributed by atoms with E-state index >= 15 is 0 Å². The Morgan fingerprint density at radius 2 is 1.33 bits per heavy atom. The minimum Gasteiger partial charge on any atom is -0.497 e. The highest BCUT2D eigenvalue weighted by atomic mass is 32.1. The van der Waals surface area contributed by atoms with Crippen molar-refractivity contribution < 1.29 is 18.9 Å². The Kier molecular flexibility index (Phi) is 6.74. The summed E-state index contributed by atoms with van der Waals surface area (Å²) >= 11 is 4.64. The molecule has 1 heterocycles. The summed E-state index contributed by atoms with van der Waals surface area (Å²) in [5.41, 5.74) is 4.06. The molecule has 0 unspecified atom stereocenters. The van der Waals surface area contributed by atoms with Gasteiger partial charge in [0.25, 0.3) is 0 Å². The van der Waals surface area contributed by atoms with Crippen molar-refractivity contribution in [2.45, 2.75) is 10.7 Å². The molecule has 3 aromatic carbocycles. The van der Waals surface area contributed by atoms with Crippen molar-refractivity contribution >= 4 is 12.6 Å². The summed E-state index contributed by atoms with van der Waals surface area (Å²) < 4.78 is 24.4. The number of hydrogen-bond donors (Lipinski definition) is 1. The topological polar surface area (TPSA) is 54.7 Å². The van der Waals surface area contributed by atoms with Crippen LogP contribution in [-0.2, 0) is 15.3 Å². The molecule has 0 aliphatic carbocycles. The molecule has 0 bridgehead atoms. The van der Waals surface area contributed by atoms with E-state index in [2.05, 4.69) is 12.6 Å². The number of ether oxygens (including phenoxy) is 4. The van der Waals surface area contributed by atoms with Gasteiger partial charge in [0.1, 0.15) is 17.2 Å². The lowest BCUT2D eigenvalue weighted by Crippen LogP contribution is -2.33. The zero-order valence-electron chi connectivity index (χ0n) is 19.0. The molecule has 0 saturated carbocycles. The summed E-state index contributed by atoms with van der Waals surface area (Å²) in [6.45, 7) is 0. The molecule has 1 aromatic heterocycles. The van der Waals surface area contributed by atoms with Crippen molar-refractivity contribution in [3.8, 4) is 28.4 Å². The maximum absolute atomic E-state index is 5.97. The first-order valence-corrected chi connectivity index (χ1v) is 10.8. The fourth-order valence-corrected chi connectivity index (χ4v) is 4.14. The van der Waals surface area contributed by atoms with Gasteiger partial charge >= 0.3 is 0 Å². The van der Waals surface area contributed by atoms with Crippen LogP contribution in [0, 0.1) is 0 Å². The molecule has 0 saturated heterocycles. The van der Waals surface area contributed by atoms with Gasteiger partial charge < -0.3 is 18.9 Å². The van der Waals surface area contributed by atoms with E-state index in [-0.39, 0.29) is 0 Å². The van der Waals surface area contributed by atoms with Gasteiger partial charge in [0, 0.05) is 30.2 Å². The van der Waals surface area contributed by atoms with Gasteiger partial charge in [-0.3, -0.25) is 0 Å². The molecular weight excluding hydrogens is 436 g/mol. The Morgan fingerprint density at radius 1 is 0.758 bits per heavy atom. The third kappa shape index (κ3) is 4.23. The smallest absolute Gasteiger partial charge is 0.242 e. The van der Waals surface area contributed by atoms with Crippen LogP contribution in [0.2, 0.25) is 0 Å². The van der Waals surface area contributed by atoms with E-state index in [1.807, 2.05) is 83.5 Å². The highest BCUT2D eigenvalue weighted by Crippen LogP contribution is 2.39. The zero-order chi connectivity index (χ0) is 23.4. The molecule has 0 aliphatic rings. The summed E-state index contributed by atoms with van der Waals surface area (Å²) in [5, 5.41) is 4.95. The minimum absolute atomic E-state index is 0.593. The van der Waals surface area contributed by atoms with Crippen LogP contribution in [0.3, 0.4) is 0 Å². The Morgan fingerprint density at radius 3 is 1.88 bits per heavy atom. The lowest BCUT2D eigenvalue weighted by atomic mass is 10.0. The number of thiol groups is 1. The van der Waals surface area contributed by atoms with Gasteiger partial charge in [0.2, 0.25) is 5.79 Å². The van der Waals surface area contributed by atoms with Crippen LogP contribution in [-0.4, -0.2) is 38.2 Å². The normalized spacial score (nSPS) is 11.4.